The number of benzene rings is 2. The number of nitrogens with two attached hydrogens (primary N) is 1. The summed E-state index contributed by atoms with van der Waals surface area (Å²) in [6, 6.07) is 10.3. The van der Waals surface area contributed by atoms with Gasteiger partial charge in [-0.2, -0.15) is 5.10 Å². The smallest absolute Gasteiger partial charge is 0.159 e. The summed E-state index contributed by atoms with van der Waals surface area (Å²) in [7, 11) is 4.10. The number of aryl methyl sites for hydroxylation is 1. The van der Waals surface area contributed by atoms with Crippen LogP contribution in [0.4, 0.5) is 11.4 Å². The number of aromatic nitrogens is 6. The first-order valence-corrected chi connectivity index (χ1v) is 10.8. The Balaban J connectivity index is 1.48. The van der Waals surface area contributed by atoms with Crippen LogP contribution in [0.5, 0.6) is 0 Å². The molecule has 0 amide bonds. The van der Waals surface area contributed by atoms with Crippen LogP contribution in [-0.2, 0) is 7.05 Å². The molecular weight excluding hydrogens is 402 g/mol. The molecule has 0 aliphatic carbocycles. The van der Waals surface area contributed by atoms with Gasteiger partial charge in [0.1, 0.15) is 5.69 Å². The first kappa shape index (κ1) is 18.9. The Hall–Kier alpha value is -3.85. The number of H-pyrrole nitrogens is 2. The Bertz CT molecular complexity index is 1420. The van der Waals surface area contributed by atoms with Crippen molar-refractivity contribution in [2.45, 2.75) is 0 Å². The SMILES string of the molecule is CN1CCN(c2ccc3nc(-c4nn(C)c5cc(N)cc(-c6cnc[nH]6)c45)[nH]c3c2)CC1. The molecule has 0 atom stereocenters. The van der Waals surface area contributed by atoms with Gasteiger partial charge in [0, 0.05) is 55.6 Å². The zero-order chi connectivity index (χ0) is 21.8. The number of fused-ring (bicyclic) bond motifs is 2. The van der Waals surface area contributed by atoms with E-state index < -0.39 is 0 Å². The topological polar surface area (TPSA) is 108 Å². The van der Waals surface area contributed by atoms with E-state index in [-0.39, 0.29) is 0 Å². The molecule has 9 heteroatoms. The van der Waals surface area contributed by atoms with Crippen molar-refractivity contribution in [3.63, 3.8) is 0 Å². The van der Waals surface area contributed by atoms with Crippen molar-refractivity contribution < 1.29 is 0 Å². The number of rotatable bonds is 3. The van der Waals surface area contributed by atoms with Crippen LogP contribution in [0.1, 0.15) is 0 Å². The van der Waals surface area contributed by atoms with Crippen molar-refractivity contribution in [2.24, 2.45) is 7.05 Å². The van der Waals surface area contributed by atoms with Crippen LogP contribution in [0.2, 0.25) is 0 Å². The Morgan fingerprint density at radius 2 is 1.88 bits per heavy atom. The molecule has 4 N–H and O–H groups in total. The lowest BCUT2D eigenvalue weighted by atomic mass is 10.0. The minimum atomic E-state index is 0.679. The second kappa shape index (κ2) is 7.10. The van der Waals surface area contributed by atoms with E-state index in [1.807, 2.05) is 23.9 Å². The van der Waals surface area contributed by atoms with Crippen molar-refractivity contribution in [3.05, 3.63) is 42.9 Å². The number of hydrogen-bond donors (Lipinski definition) is 3. The first-order valence-electron chi connectivity index (χ1n) is 10.8. The number of likely N-dealkylation sites (N-methyl/N-ethyl adjacent to an activating group) is 1. The number of piperazine rings is 1. The summed E-state index contributed by atoms with van der Waals surface area (Å²) in [5.41, 5.74) is 13.6. The summed E-state index contributed by atoms with van der Waals surface area (Å²) in [5.74, 6) is 0.742. The lowest BCUT2D eigenvalue weighted by molar-refractivity contribution is 0.313. The van der Waals surface area contributed by atoms with E-state index in [0.29, 0.717) is 5.69 Å². The van der Waals surface area contributed by atoms with Crippen molar-refractivity contribution in [1.29, 1.82) is 0 Å². The van der Waals surface area contributed by atoms with Crippen LogP contribution < -0.4 is 10.6 Å². The van der Waals surface area contributed by atoms with Crippen LogP contribution in [-0.4, -0.2) is 67.8 Å². The molecule has 3 aromatic heterocycles. The van der Waals surface area contributed by atoms with Gasteiger partial charge < -0.3 is 25.5 Å². The monoisotopic (exact) mass is 427 g/mol. The highest BCUT2D eigenvalue weighted by molar-refractivity contribution is 6.05. The molecule has 0 radical (unpaired) electrons. The molecule has 0 bridgehead atoms. The Morgan fingerprint density at radius 3 is 2.66 bits per heavy atom. The third kappa shape index (κ3) is 3.01. The van der Waals surface area contributed by atoms with Crippen LogP contribution >= 0.6 is 0 Å². The summed E-state index contributed by atoms with van der Waals surface area (Å²) in [6.45, 7) is 4.21. The molecule has 5 aromatic rings. The minimum absolute atomic E-state index is 0.679. The predicted octanol–water partition coefficient (Wildman–Crippen LogP) is 2.84. The zero-order valence-corrected chi connectivity index (χ0v) is 18.1. The average molecular weight is 428 g/mol. The molecule has 32 heavy (non-hydrogen) atoms. The number of aromatic amines is 2. The highest BCUT2D eigenvalue weighted by atomic mass is 15.3. The maximum Gasteiger partial charge on any atom is 0.159 e. The fourth-order valence-corrected chi connectivity index (χ4v) is 4.56. The van der Waals surface area contributed by atoms with E-state index in [1.54, 1.807) is 12.5 Å². The fraction of sp³-hybridized carbons (Fsp3) is 0.261. The maximum absolute atomic E-state index is 6.20. The van der Waals surface area contributed by atoms with Crippen LogP contribution in [0.25, 0.3) is 44.7 Å². The molecule has 4 heterocycles. The summed E-state index contributed by atoms with van der Waals surface area (Å²) in [5, 5.41) is 5.79. The molecule has 6 rings (SSSR count). The van der Waals surface area contributed by atoms with Crippen molar-refractivity contribution in [2.75, 3.05) is 43.9 Å². The molecule has 1 fully saturated rings. The Morgan fingerprint density at radius 1 is 1.03 bits per heavy atom. The highest BCUT2D eigenvalue weighted by Gasteiger charge is 2.21. The summed E-state index contributed by atoms with van der Waals surface area (Å²) in [6.07, 6.45) is 3.47. The molecule has 1 aliphatic heterocycles. The third-order valence-electron chi connectivity index (χ3n) is 6.32. The van der Waals surface area contributed by atoms with Crippen LogP contribution in [0, 0.1) is 0 Å². The van der Waals surface area contributed by atoms with Gasteiger partial charge in [-0.05, 0) is 37.4 Å². The fourth-order valence-electron chi connectivity index (χ4n) is 4.56. The molecule has 1 saturated heterocycles. The summed E-state index contributed by atoms with van der Waals surface area (Å²) in [4.78, 5) is 20.5. The number of anilines is 2. The lowest BCUT2D eigenvalue weighted by Gasteiger charge is -2.34. The van der Waals surface area contributed by atoms with Gasteiger partial charge >= 0.3 is 0 Å². The van der Waals surface area contributed by atoms with Crippen LogP contribution in [0.3, 0.4) is 0 Å². The van der Waals surface area contributed by atoms with E-state index in [1.165, 1.54) is 5.69 Å². The number of imidazole rings is 2. The summed E-state index contributed by atoms with van der Waals surface area (Å²) < 4.78 is 1.85. The standard InChI is InChI=1S/C23H25N9/c1-30-5-7-32(8-6-30)15-3-4-17-18(11-15)28-23(27-17)22-21-16(19-12-25-13-26-19)9-14(24)10-20(21)31(2)29-22/h3-4,9-13H,5-8,24H2,1-2H3,(H,25,26)(H,27,28). The van der Waals surface area contributed by atoms with E-state index in [9.17, 15) is 0 Å². The second-order valence-electron chi connectivity index (χ2n) is 8.48. The van der Waals surface area contributed by atoms with Gasteiger partial charge in [-0.15, -0.1) is 0 Å². The van der Waals surface area contributed by atoms with Gasteiger partial charge in [0.15, 0.2) is 5.82 Å². The van der Waals surface area contributed by atoms with E-state index >= 15 is 0 Å². The maximum atomic E-state index is 6.20. The second-order valence-corrected chi connectivity index (χ2v) is 8.48. The minimum Gasteiger partial charge on any atom is -0.399 e. The van der Waals surface area contributed by atoms with Gasteiger partial charge in [0.2, 0.25) is 0 Å². The first-order chi connectivity index (χ1) is 15.6. The molecule has 0 unspecified atom stereocenters. The van der Waals surface area contributed by atoms with Crippen LogP contribution in [0.15, 0.2) is 42.9 Å². The molecule has 162 valence electrons. The number of nitrogens with zero attached hydrogens (tertiary/aromatic N) is 6. The summed E-state index contributed by atoms with van der Waals surface area (Å²) >= 11 is 0. The normalized spacial score (nSPS) is 15.2. The quantitative estimate of drug-likeness (QED) is 0.382. The number of hydrogen-bond acceptors (Lipinski definition) is 6. The van der Waals surface area contributed by atoms with Gasteiger partial charge in [-0.1, -0.05) is 0 Å². The molecule has 0 spiro atoms. The molecular formula is C23H25N9. The van der Waals surface area contributed by atoms with Gasteiger partial charge in [0.25, 0.3) is 0 Å². The molecule has 2 aromatic carbocycles. The molecule has 0 saturated carbocycles. The lowest BCUT2D eigenvalue weighted by Crippen LogP contribution is -2.44. The predicted molar refractivity (Wildman–Crippen MR) is 128 cm³/mol. The largest absolute Gasteiger partial charge is 0.399 e. The third-order valence-corrected chi connectivity index (χ3v) is 6.32. The molecule has 9 nitrogen and oxygen atoms in total. The van der Waals surface area contributed by atoms with Gasteiger partial charge in [-0.25, -0.2) is 9.97 Å². The Labute approximate surface area is 184 Å². The van der Waals surface area contributed by atoms with E-state index in [2.05, 4.69) is 50.0 Å². The number of nitrogen functional groups attached to an aromatic ring is 1. The van der Waals surface area contributed by atoms with Crippen molar-refractivity contribution in [3.8, 4) is 22.8 Å². The van der Waals surface area contributed by atoms with Crippen molar-refractivity contribution >= 4 is 33.3 Å². The van der Waals surface area contributed by atoms with Crippen molar-refractivity contribution in [1.82, 2.24) is 34.6 Å². The Kier molecular flexibility index (Phi) is 4.19. The highest BCUT2D eigenvalue weighted by Crippen LogP contribution is 2.36. The van der Waals surface area contributed by atoms with Gasteiger partial charge in [-0.3, -0.25) is 4.68 Å². The zero-order valence-electron chi connectivity index (χ0n) is 18.1. The van der Waals surface area contributed by atoms with E-state index in [0.717, 1.165) is 70.9 Å². The molecule has 1 aliphatic rings. The average Bonchev–Trinajstić information content (AvgIpc) is 3.52. The van der Waals surface area contributed by atoms with Gasteiger partial charge in [0.05, 0.1) is 34.8 Å². The number of nitrogens with one attached hydrogen (secondary N) is 2. The van der Waals surface area contributed by atoms with E-state index in [4.69, 9.17) is 15.8 Å².